The molecule has 1 unspecified atom stereocenters. The number of anilines is 2. The molecule has 3 aromatic rings. The van der Waals surface area contributed by atoms with Crippen LogP contribution in [0.4, 0.5) is 17.1 Å². The molecule has 0 saturated carbocycles. The normalized spacial score (nSPS) is 11.5. The van der Waals surface area contributed by atoms with Crippen LogP contribution in [0.15, 0.2) is 77.7 Å². The Morgan fingerprint density at radius 3 is 2.45 bits per heavy atom. The maximum atomic E-state index is 12.9. The number of hydrogen-bond acceptors (Lipinski definition) is 5. The second kappa shape index (κ2) is 11.3. The minimum Gasteiger partial charge on any atom is -0.326 e. The summed E-state index contributed by atoms with van der Waals surface area (Å²) in [5.41, 5.74) is 2.69. The number of aryl methyl sites for hydroxylation is 1. The zero-order chi connectivity index (χ0) is 23.8. The number of carbonyl (C=O) groups is 2. The molecule has 0 radical (unpaired) electrons. The molecule has 1 atom stereocenters. The summed E-state index contributed by atoms with van der Waals surface area (Å²) in [5, 5.41) is 16.4. The van der Waals surface area contributed by atoms with Crippen molar-refractivity contribution in [2.75, 3.05) is 10.6 Å². The third-order valence-corrected chi connectivity index (χ3v) is 6.31. The molecule has 0 aliphatic carbocycles. The minimum atomic E-state index is -0.487. The van der Waals surface area contributed by atoms with E-state index in [9.17, 15) is 19.7 Å². The molecule has 2 amide bonds. The summed E-state index contributed by atoms with van der Waals surface area (Å²) in [4.78, 5) is 36.6. The van der Waals surface area contributed by atoms with Crippen LogP contribution in [-0.2, 0) is 16.0 Å². The van der Waals surface area contributed by atoms with Gasteiger partial charge in [-0.15, -0.1) is 11.8 Å². The van der Waals surface area contributed by atoms with Gasteiger partial charge >= 0.3 is 0 Å². The van der Waals surface area contributed by atoms with Crippen molar-refractivity contribution in [2.24, 2.45) is 0 Å². The van der Waals surface area contributed by atoms with Crippen LogP contribution in [-0.4, -0.2) is 22.0 Å². The number of nitrogens with zero attached hydrogens (tertiary/aromatic N) is 1. The Balaban J connectivity index is 1.65. The molecule has 0 saturated heterocycles. The molecule has 33 heavy (non-hydrogen) atoms. The van der Waals surface area contributed by atoms with Gasteiger partial charge in [0.25, 0.3) is 5.69 Å². The molecule has 2 N–H and O–H groups in total. The van der Waals surface area contributed by atoms with E-state index in [-0.39, 0.29) is 23.9 Å². The second-order valence-electron chi connectivity index (χ2n) is 7.50. The first-order valence-corrected chi connectivity index (χ1v) is 11.4. The highest BCUT2D eigenvalue weighted by atomic mass is 32.2. The van der Waals surface area contributed by atoms with E-state index in [2.05, 4.69) is 10.6 Å². The Morgan fingerprint density at radius 1 is 1.00 bits per heavy atom. The Hall–Kier alpha value is -3.65. The molecule has 0 spiro atoms. The molecule has 0 fully saturated rings. The number of hydrogen-bond donors (Lipinski definition) is 2. The Labute approximate surface area is 196 Å². The van der Waals surface area contributed by atoms with Crippen LogP contribution in [0.1, 0.15) is 24.5 Å². The van der Waals surface area contributed by atoms with Gasteiger partial charge in [0, 0.05) is 22.7 Å². The summed E-state index contributed by atoms with van der Waals surface area (Å²) in [6.45, 7) is 3.69. The first kappa shape index (κ1) is 24.0. The summed E-state index contributed by atoms with van der Waals surface area (Å²) in [5.74, 6) is -0.348. The van der Waals surface area contributed by atoms with E-state index in [1.54, 1.807) is 19.1 Å². The van der Waals surface area contributed by atoms with Crippen molar-refractivity contribution in [1.82, 2.24) is 0 Å². The molecule has 0 heterocycles. The molecule has 3 rings (SSSR count). The van der Waals surface area contributed by atoms with Crippen LogP contribution in [0.3, 0.4) is 0 Å². The predicted molar refractivity (Wildman–Crippen MR) is 132 cm³/mol. The highest BCUT2D eigenvalue weighted by Crippen LogP contribution is 2.29. The van der Waals surface area contributed by atoms with Gasteiger partial charge in [0.05, 0.1) is 22.3 Å². The lowest BCUT2D eigenvalue weighted by atomic mass is 10.1. The van der Waals surface area contributed by atoms with Gasteiger partial charge in [-0.25, -0.2) is 0 Å². The van der Waals surface area contributed by atoms with E-state index >= 15 is 0 Å². The van der Waals surface area contributed by atoms with Gasteiger partial charge in [0.2, 0.25) is 11.8 Å². The molecule has 0 aliphatic rings. The summed E-state index contributed by atoms with van der Waals surface area (Å²) >= 11 is 1.38. The van der Waals surface area contributed by atoms with Gasteiger partial charge < -0.3 is 10.6 Å². The van der Waals surface area contributed by atoms with E-state index in [4.69, 9.17) is 0 Å². The summed E-state index contributed by atoms with van der Waals surface area (Å²) < 4.78 is 0. The number of rotatable bonds is 9. The Kier molecular flexibility index (Phi) is 8.21. The van der Waals surface area contributed by atoms with Crippen molar-refractivity contribution >= 4 is 40.6 Å². The lowest BCUT2D eigenvalue weighted by Gasteiger charge is -2.16. The fourth-order valence-corrected chi connectivity index (χ4v) is 4.20. The average molecular weight is 464 g/mol. The lowest BCUT2D eigenvalue weighted by Crippen LogP contribution is -2.25. The zero-order valence-corrected chi connectivity index (χ0v) is 19.2. The van der Waals surface area contributed by atoms with Crippen LogP contribution in [0, 0.1) is 17.0 Å². The number of nitro benzene ring substituents is 1. The van der Waals surface area contributed by atoms with Crippen molar-refractivity contribution in [3.05, 3.63) is 94.0 Å². The Bertz CT molecular complexity index is 1150. The Morgan fingerprint density at radius 2 is 1.76 bits per heavy atom. The number of amides is 2. The molecule has 170 valence electrons. The van der Waals surface area contributed by atoms with Gasteiger partial charge in [0.1, 0.15) is 0 Å². The van der Waals surface area contributed by atoms with Crippen molar-refractivity contribution < 1.29 is 14.5 Å². The number of benzene rings is 3. The first-order valence-electron chi connectivity index (χ1n) is 10.5. The standard InChI is InChI=1S/C25H25N3O4S/c1-3-23(25(30)27-22-16-20(28(31)32)13-12-17(22)2)33-21-11-7-10-19(15-21)26-24(29)14-18-8-5-4-6-9-18/h4-13,15-16,23H,3,14H2,1-2H3,(H,26,29)(H,27,30). The number of non-ortho nitro benzene ring substituents is 1. The van der Waals surface area contributed by atoms with E-state index in [0.29, 0.717) is 17.8 Å². The monoisotopic (exact) mass is 463 g/mol. The van der Waals surface area contributed by atoms with Crippen LogP contribution in [0.2, 0.25) is 0 Å². The SMILES string of the molecule is CCC(Sc1cccc(NC(=O)Cc2ccccc2)c1)C(=O)Nc1cc([N+](=O)[O-])ccc1C. The highest BCUT2D eigenvalue weighted by molar-refractivity contribution is 8.00. The van der Waals surface area contributed by atoms with E-state index in [0.717, 1.165) is 16.0 Å². The zero-order valence-electron chi connectivity index (χ0n) is 18.4. The minimum absolute atomic E-state index is 0.0736. The van der Waals surface area contributed by atoms with Gasteiger partial charge in [0.15, 0.2) is 0 Å². The van der Waals surface area contributed by atoms with Gasteiger partial charge in [-0.05, 0) is 42.7 Å². The van der Waals surface area contributed by atoms with Crippen molar-refractivity contribution in [3.8, 4) is 0 Å². The van der Waals surface area contributed by atoms with Crippen LogP contribution in [0.5, 0.6) is 0 Å². The maximum Gasteiger partial charge on any atom is 0.271 e. The fraction of sp³-hybridized carbons (Fsp3) is 0.200. The fourth-order valence-electron chi connectivity index (χ4n) is 3.19. The first-order chi connectivity index (χ1) is 15.9. The average Bonchev–Trinajstić information content (AvgIpc) is 2.79. The number of nitrogens with one attached hydrogen (secondary N) is 2. The van der Waals surface area contributed by atoms with Gasteiger partial charge in [-0.2, -0.15) is 0 Å². The van der Waals surface area contributed by atoms with Crippen molar-refractivity contribution in [3.63, 3.8) is 0 Å². The van der Waals surface area contributed by atoms with Gasteiger partial charge in [-0.1, -0.05) is 49.4 Å². The molecular weight excluding hydrogens is 438 g/mol. The highest BCUT2D eigenvalue weighted by Gasteiger charge is 2.20. The van der Waals surface area contributed by atoms with E-state index in [1.807, 2.05) is 55.5 Å². The number of nitro groups is 1. The van der Waals surface area contributed by atoms with Crippen molar-refractivity contribution in [1.29, 1.82) is 0 Å². The van der Waals surface area contributed by atoms with Crippen LogP contribution in [0.25, 0.3) is 0 Å². The largest absolute Gasteiger partial charge is 0.326 e. The molecule has 7 nitrogen and oxygen atoms in total. The second-order valence-corrected chi connectivity index (χ2v) is 8.77. The predicted octanol–water partition coefficient (Wildman–Crippen LogP) is 5.59. The van der Waals surface area contributed by atoms with E-state index in [1.165, 1.54) is 23.9 Å². The number of thioether (sulfide) groups is 1. The van der Waals surface area contributed by atoms with Crippen LogP contribution < -0.4 is 10.6 Å². The summed E-state index contributed by atoms with van der Waals surface area (Å²) in [7, 11) is 0. The summed E-state index contributed by atoms with van der Waals surface area (Å²) in [6.07, 6.45) is 0.843. The quantitative estimate of drug-likeness (QED) is 0.245. The molecule has 3 aromatic carbocycles. The van der Waals surface area contributed by atoms with E-state index < -0.39 is 10.2 Å². The molecule has 0 bridgehead atoms. The molecule has 8 heteroatoms. The van der Waals surface area contributed by atoms with Gasteiger partial charge in [-0.3, -0.25) is 19.7 Å². The van der Waals surface area contributed by atoms with Crippen LogP contribution >= 0.6 is 11.8 Å². The third kappa shape index (κ3) is 6.92. The number of carbonyl (C=O) groups excluding carboxylic acids is 2. The topological polar surface area (TPSA) is 101 Å². The smallest absolute Gasteiger partial charge is 0.271 e. The maximum absolute atomic E-state index is 12.9. The molecule has 0 aliphatic heterocycles. The van der Waals surface area contributed by atoms with Crippen molar-refractivity contribution in [2.45, 2.75) is 36.8 Å². The molecular formula is C25H25N3O4S. The summed E-state index contributed by atoms with van der Waals surface area (Å²) in [6, 6.07) is 21.2. The molecule has 0 aromatic heterocycles. The third-order valence-electron chi connectivity index (χ3n) is 4.96. The lowest BCUT2D eigenvalue weighted by molar-refractivity contribution is -0.384.